The second-order valence-corrected chi connectivity index (χ2v) is 6.80. The molecular weight excluding hydrogens is 360 g/mol. The van der Waals surface area contributed by atoms with Gasteiger partial charge in [-0.3, -0.25) is 9.48 Å². The molecular formula is C21H19ClN4O. The van der Waals surface area contributed by atoms with Crippen LogP contribution in [-0.4, -0.2) is 15.7 Å². The van der Waals surface area contributed by atoms with Crippen molar-refractivity contribution in [3.63, 3.8) is 0 Å². The topological polar surface area (TPSA) is 70.7 Å². The molecule has 0 aliphatic heterocycles. The van der Waals surface area contributed by atoms with Crippen LogP contribution in [-0.2, 0) is 11.3 Å². The van der Waals surface area contributed by atoms with E-state index >= 15 is 0 Å². The summed E-state index contributed by atoms with van der Waals surface area (Å²) in [6.45, 7) is 6.09. The minimum atomic E-state index is -0.0907. The maximum atomic E-state index is 11.1. The van der Waals surface area contributed by atoms with Crippen molar-refractivity contribution < 1.29 is 4.79 Å². The van der Waals surface area contributed by atoms with Gasteiger partial charge < -0.3 is 5.32 Å². The zero-order valence-electron chi connectivity index (χ0n) is 15.4. The third-order valence-corrected chi connectivity index (χ3v) is 4.68. The fourth-order valence-corrected chi connectivity index (χ4v) is 3.32. The number of rotatable bonds is 4. The van der Waals surface area contributed by atoms with Crippen LogP contribution in [0.5, 0.6) is 0 Å². The van der Waals surface area contributed by atoms with Crippen LogP contribution in [0, 0.1) is 25.2 Å². The monoisotopic (exact) mass is 378 g/mol. The Bertz CT molecular complexity index is 1050. The number of hydrogen-bond acceptors (Lipinski definition) is 3. The zero-order chi connectivity index (χ0) is 19.6. The summed E-state index contributed by atoms with van der Waals surface area (Å²) in [5.41, 5.74) is 6.22. The first-order chi connectivity index (χ1) is 12.9. The number of benzene rings is 2. The number of carbonyl (C=O) groups excluding carboxylic acids is 1. The number of anilines is 1. The number of hydrogen-bond donors (Lipinski definition) is 1. The smallest absolute Gasteiger partial charge is 0.221 e. The van der Waals surface area contributed by atoms with Gasteiger partial charge in [0.15, 0.2) is 0 Å². The third kappa shape index (κ3) is 4.02. The van der Waals surface area contributed by atoms with Crippen LogP contribution in [0.2, 0.25) is 5.02 Å². The number of nitrogens with one attached hydrogen (secondary N) is 1. The molecule has 0 spiro atoms. The Balaban J connectivity index is 1.89. The van der Waals surface area contributed by atoms with E-state index in [9.17, 15) is 4.79 Å². The maximum absolute atomic E-state index is 11.1. The minimum Gasteiger partial charge on any atom is -0.326 e. The SMILES string of the molecule is CC(=O)Nc1ccc(Cn2nc(C)c(-c3ccc(C#N)c(Cl)c3)c2C)cc1. The number of nitrogens with zero attached hydrogens (tertiary/aromatic N) is 3. The van der Waals surface area contributed by atoms with Crippen molar-refractivity contribution in [2.24, 2.45) is 0 Å². The quantitative estimate of drug-likeness (QED) is 0.715. The summed E-state index contributed by atoms with van der Waals surface area (Å²) in [5.74, 6) is -0.0907. The number of amides is 1. The van der Waals surface area contributed by atoms with Gasteiger partial charge in [0.1, 0.15) is 6.07 Å². The number of nitriles is 1. The van der Waals surface area contributed by atoms with E-state index in [0.717, 1.165) is 33.8 Å². The highest BCUT2D eigenvalue weighted by atomic mass is 35.5. The highest BCUT2D eigenvalue weighted by Crippen LogP contribution is 2.30. The van der Waals surface area contributed by atoms with Crippen molar-refractivity contribution >= 4 is 23.2 Å². The first-order valence-electron chi connectivity index (χ1n) is 8.49. The molecule has 3 rings (SSSR count). The summed E-state index contributed by atoms with van der Waals surface area (Å²) >= 11 is 6.19. The standard InChI is InChI=1S/C21H19ClN4O/c1-13-21(17-6-7-18(11-23)20(22)10-17)14(2)26(25-13)12-16-4-8-19(9-5-16)24-15(3)27/h4-10H,12H2,1-3H3,(H,24,27). The largest absolute Gasteiger partial charge is 0.326 e. The first kappa shape index (κ1) is 18.7. The van der Waals surface area contributed by atoms with E-state index in [1.165, 1.54) is 6.92 Å². The van der Waals surface area contributed by atoms with E-state index in [-0.39, 0.29) is 5.91 Å². The Morgan fingerprint density at radius 1 is 1.22 bits per heavy atom. The second-order valence-electron chi connectivity index (χ2n) is 6.39. The van der Waals surface area contributed by atoms with E-state index in [1.54, 1.807) is 6.07 Å². The van der Waals surface area contributed by atoms with Gasteiger partial charge in [0, 0.05) is 23.9 Å². The van der Waals surface area contributed by atoms with Gasteiger partial charge in [0.05, 0.1) is 22.8 Å². The fraction of sp³-hybridized carbons (Fsp3) is 0.190. The molecule has 0 fully saturated rings. The summed E-state index contributed by atoms with van der Waals surface area (Å²) in [4.78, 5) is 11.1. The summed E-state index contributed by atoms with van der Waals surface area (Å²) in [6.07, 6.45) is 0. The molecule has 1 heterocycles. The van der Waals surface area contributed by atoms with Crippen LogP contribution < -0.4 is 5.32 Å². The lowest BCUT2D eigenvalue weighted by atomic mass is 10.0. The molecule has 0 saturated heterocycles. The van der Waals surface area contributed by atoms with E-state index in [4.69, 9.17) is 16.9 Å². The molecule has 0 unspecified atom stereocenters. The van der Waals surface area contributed by atoms with Crippen LogP contribution in [0.15, 0.2) is 42.5 Å². The Morgan fingerprint density at radius 2 is 1.93 bits per heavy atom. The van der Waals surface area contributed by atoms with Gasteiger partial charge in [-0.15, -0.1) is 0 Å². The molecule has 6 heteroatoms. The number of halogens is 1. The first-order valence-corrected chi connectivity index (χ1v) is 8.87. The Hall–Kier alpha value is -3.10. The molecule has 1 amide bonds. The Kier molecular flexibility index (Phi) is 5.29. The Morgan fingerprint density at radius 3 is 2.52 bits per heavy atom. The zero-order valence-corrected chi connectivity index (χ0v) is 16.1. The van der Waals surface area contributed by atoms with Gasteiger partial charge in [-0.2, -0.15) is 10.4 Å². The highest BCUT2D eigenvalue weighted by molar-refractivity contribution is 6.32. The van der Waals surface area contributed by atoms with Crippen LogP contribution in [0.3, 0.4) is 0 Å². The van der Waals surface area contributed by atoms with Gasteiger partial charge in [0.2, 0.25) is 5.91 Å². The average Bonchev–Trinajstić information content (AvgIpc) is 2.89. The lowest BCUT2D eigenvalue weighted by Crippen LogP contribution is -2.07. The molecule has 5 nitrogen and oxygen atoms in total. The molecule has 0 saturated carbocycles. The van der Waals surface area contributed by atoms with Crippen molar-refractivity contribution in [3.8, 4) is 17.2 Å². The van der Waals surface area contributed by atoms with E-state index in [0.29, 0.717) is 17.1 Å². The molecule has 0 aliphatic rings. The highest BCUT2D eigenvalue weighted by Gasteiger charge is 2.15. The number of carbonyl (C=O) groups is 1. The van der Waals surface area contributed by atoms with Gasteiger partial charge in [-0.1, -0.05) is 29.8 Å². The van der Waals surface area contributed by atoms with E-state index in [2.05, 4.69) is 16.5 Å². The molecule has 1 N–H and O–H groups in total. The van der Waals surface area contributed by atoms with Crippen LogP contribution in [0.1, 0.15) is 29.4 Å². The molecule has 136 valence electrons. The van der Waals surface area contributed by atoms with Crippen molar-refractivity contribution in [3.05, 3.63) is 70.0 Å². The molecule has 0 atom stereocenters. The van der Waals surface area contributed by atoms with Gasteiger partial charge >= 0.3 is 0 Å². The summed E-state index contributed by atoms with van der Waals surface area (Å²) in [7, 11) is 0. The minimum absolute atomic E-state index is 0.0907. The predicted octanol–water partition coefficient (Wildman–Crippen LogP) is 4.70. The molecule has 1 aromatic heterocycles. The summed E-state index contributed by atoms with van der Waals surface area (Å²) in [6, 6.07) is 15.2. The average molecular weight is 379 g/mol. The van der Waals surface area contributed by atoms with Crippen LogP contribution in [0.25, 0.3) is 11.1 Å². The second kappa shape index (κ2) is 7.65. The van der Waals surface area contributed by atoms with Gasteiger partial charge in [-0.05, 0) is 49.2 Å². The fourth-order valence-electron chi connectivity index (χ4n) is 3.10. The third-order valence-electron chi connectivity index (χ3n) is 4.37. The van der Waals surface area contributed by atoms with Gasteiger partial charge in [-0.25, -0.2) is 0 Å². The maximum Gasteiger partial charge on any atom is 0.221 e. The lowest BCUT2D eigenvalue weighted by Gasteiger charge is -2.08. The molecule has 27 heavy (non-hydrogen) atoms. The van der Waals surface area contributed by atoms with Crippen molar-refractivity contribution in [2.75, 3.05) is 5.32 Å². The summed E-state index contributed by atoms with van der Waals surface area (Å²) in [5, 5.41) is 16.9. The van der Waals surface area contributed by atoms with Crippen molar-refractivity contribution in [1.29, 1.82) is 5.26 Å². The van der Waals surface area contributed by atoms with Gasteiger partial charge in [0.25, 0.3) is 0 Å². The van der Waals surface area contributed by atoms with E-state index in [1.807, 2.05) is 54.9 Å². The molecule has 3 aromatic rings. The Labute approximate surface area is 163 Å². The van der Waals surface area contributed by atoms with Crippen LogP contribution >= 0.6 is 11.6 Å². The normalized spacial score (nSPS) is 10.5. The number of aromatic nitrogens is 2. The number of aryl methyl sites for hydroxylation is 1. The lowest BCUT2D eigenvalue weighted by molar-refractivity contribution is -0.114. The van der Waals surface area contributed by atoms with Crippen molar-refractivity contribution in [1.82, 2.24) is 9.78 Å². The van der Waals surface area contributed by atoms with Crippen LogP contribution in [0.4, 0.5) is 5.69 Å². The molecule has 0 radical (unpaired) electrons. The van der Waals surface area contributed by atoms with Crippen molar-refractivity contribution in [2.45, 2.75) is 27.3 Å². The summed E-state index contributed by atoms with van der Waals surface area (Å²) < 4.78 is 1.95. The van der Waals surface area contributed by atoms with E-state index < -0.39 is 0 Å². The molecule has 2 aromatic carbocycles. The predicted molar refractivity (Wildman–Crippen MR) is 107 cm³/mol. The molecule has 0 bridgehead atoms. The molecule has 0 aliphatic carbocycles.